The van der Waals surface area contributed by atoms with Crippen molar-refractivity contribution in [3.05, 3.63) is 47.1 Å². The number of aromatic nitrogens is 2. The van der Waals surface area contributed by atoms with Crippen LogP contribution in [-0.4, -0.2) is 53.9 Å². The van der Waals surface area contributed by atoms with Crippen LogP contribution >= 0.6 is 11.3 Å². The number of rotatable bonds is 6. The number of benzene rings is 1. The van der Waals surface area contributed by atoms with E-state index in [9.17, 15) is 31.1 Å². The number of halogens is 6. The Hall–Kier alpha value is -3.09. The van der Waals surface area contributed by atoms with E-state index in [0.717, 1.165) is 49.4 Å². The third-order valence-electron chi connectivity index (χ3n) is 6.80. The zero-order valence-electron chi connectivity index (χ0n) is 19.4. The van der Waals surface area contributed by atoms with Crippen LogP contribution in [0.4, 0.5) is 37.8 Å². The number of carbonyl (C=O) groups is 1. The first-order valence-corrected chi connectivity index (χ1v) is 12.5. The molecule has 2 fully saturated rings. The smallest absolute Gasteiger partial charge is 0.382 e. The van der Waals surface area contributed by atoms with Crippen LogP contribution in [-0.2, 0) is 6.42 Å². The van der Waals surface area contributed by atoms with E-state index in [4.69, 9.17) is 0 Å². The number of anilines is 2. The number of thiophene rings is 1. The van der Waals surface area contributed by atoms with Crippen LogP contribution in [0, 0.1) is 5.41 Å². The highest BCUT2D eigenvalue weighted by Gasteiger charge is 2.49. The predicted octanol–water partition coefficient (Wildman–Crippen LogP) is 5.56. The largest absolute Gasteiger partial charge is 0.405 e. The first kappa shape index (κ1) is 25.6. The van der Waals surface area contributed by atoms with Gasteiger partial charge in [-0.1, -0.05) is 0 Å². The van der Waals surface area contributed by atoms with Gasteiger partial charge in [0.15, 0.2) is 0 Å². The second-order valence-electron chi connectivity index (χ2n) is 9.72. The van der Waals surface area contributed by atoms with Gasteiger partial charge in [0.2, 0.25) is 0 Å². The zero-order chi connectivity index (χ0) is 26.4. The molecule has 5 rings (SSSR count). The van der Waals surface area contributed by atoms with Gasteiger partial charge in [0, 0.05) is 35.3 Å². The summed E-state index contributed by atoms with van der Waals surface area (Å²) in [4.78, 5) is 23.3. The zero-order valence-corrected chi connectivity index (χ0v) is 20.2. The molecule has 1 spiro atoms. The predicted molar refractivity (Wildman–Crippen MR) is 128 cm³/mol. The molecule has 3 heterocycles. The standard InChI is InChI=1S/C24H23F6N5OS/c25-23(26,27)10-17-7-18-19(32-13-33-21(18)37-17)35-6-5-22(12-35)8-16(9-22)34-15-3-1-14(2-4-15)20(36)31-11-24(28,29)30/h1-4,7,13,16,34H,5-6,8-12H2,(H,31,36). The van der Waals surface area contributed by atoms with Crippen molar-refractivity contribution in [2.45, 2.75) is 44.1 Å². The fourth-order valence-electron chi connectivity index (χ4n) is 5.20. The van der Waals surface area contributed by atoms with Gasteiger partial charge in [-0.15, -0.1) is 11.3 Å². The first-order valence-electron chi connectivity index (χ1n) is 11.6. The summed E-state index contributed by atoms with van der Waals surface area (Å²) in [7, 11) is 0. The fraction of sp³-hybridized carbons (Fsp3) is 0.458. The van der Waals surface area contributed by atoms with E-state index >= 15 is 0 Å². The van der Waals surface area contributed by atoms with Gasteiger partial charge in [0.1, 0.15) is 23.5 Å². The highest BCUT2D eigenvalue weighted by molar-refractivity contribution is 7.18. The van der Waals surface area contributed by atoms with Crippen LogP contribution in [0.25, 0.3) is 10.2 Å². The number of fused-ring (bicyclic) bond motifs is 1. The molecule has 198 valence electrons. The number of nitrogens with one attached hydrogen (secondary N) is 2. The van der Waals surface area contributed by atoms with Crippen molar-refractivity contribution in [2.24, 2.45) is 5.41 Å². The van der Waals surface area contributed by atoms with E-state index in [0.29, 0.717) is 16.0 Å². The minimum absolute atomic E-state index is 0.0805. The Labute approximate surface area is 212 Å². The Balaban J connectivity index is 1.17. The summed E-state index contributed by atoms with van der Waals surface area (Å²) in [6.45, 7) is 0.125. The minimum Gasteiger partial charge on any atom is -0.382 e. The highest BCUT2D eigenvalue weighted by atomic mass is 32.1. The molecule has 0 radical (unpaired) electrons. The average molecular weight is 544 g/mol. The summed E-state index contributed by atoms with van der Waals surface area (Å²) < 4.78 is 75.4. The van der Waals surface area contributed by atoms with E-state index in [2.05, 4.69) is 20.2 Å². The Morgan fingerprint density at radius 2 is 1.81 bits per heavy atom. The molecule has 0 unspecified atom stereocenters. The van der Waals surface area contributed by atoms with Crippen LogP contribution in [0.5, 0.6) is 0 Å². The lowest BCUT2D eigenvalue weighted by molar-refractivity contribution is -0.126. The van der Waals surface area contributed by atoms with Gasteiger partial charge in [-0.3, -0.25) is 4.79 Å². The number of amides is 1. The summed E-state index contributed by atoms with van der Waals surface area (Å²) in [5, 5.41) is 5.90. The van der Waals surface area contributed by atoms with Crippen molar-refractivity contribution in [2.75, 3.05) is 29.9 Å². The number of hydrogen-bond acceptors (Lipinski definition) is 6. The number of hydrogen-bond donors (Lipinski definition) is 2. The van der Waals surface area contributed by atoms with Crippen LogP contribution in [0.15, 0.2) is 36.7 Å². The average Bonchev–Trinajstić information content (AvgIpc) is 3.40. The summed E-state index contributed by atoms with van der Waals surface area (Å²) >= 11 is 1.04. The molecular formula is C24H23F6N5OS. The van der Waals surface area contributed by atoms with Gasteiger partial charge < -0.3 is 15.5 Å². The topological polar surface area (TPSA) is 70.2 Å². The summed E-state index contributed by atoms with van der Waals surface area (Å²) in [5.41, 5.74) is 1.00. The number of carbonyl (C=O) groups excluding carboxylic acids is 1. The van der Waals surface area contributed by atoms with Gasteiger partial charge in [-0.25, -0.2) is 9.97 Å². The van der Waals surface area contributed by atoms with Crippen molar-refractivity contribution < 1.29 is 31.1 Å². The van der Waals surface area contributed by atoms with Crippen molar-refractivity contribution in [1.29, 1.82) is 0 Å². The summed E-state index contributed by atoms with van der Waals surface area (Å²) in [6.07, 6.45) is -5.59. The van der Waals surface area contributed by atoms with E-state index in [1.807, 2.05) is 5.32 Å². The third-order valence-corrected chi connectivity index (χ3v) is 7.84. The molecule has 1 aliphatic heterocycles. The second-order valence-corrected chi connectivity index (χ2v) is 10.8. The molecule has 2 aromatic heterocycles. The molecule has 6 nitrogen and oxygen atoms in total. The van der Waals surface area contributed by atoms with Gasteiger partial charge in [0.05, 0.1) is 11.8 Å². The molecule has 2 N–H and O–H groups in total. The molecule has 1 saturated carbocycles. The van der Waals surface area contributed by atoms with Crippen LogP contribution in [0.1, 0.15) is 34.5 Å². The lowest BCUT2D eigenvalue weighted by atomic mass is 9.65. The van der Waals surface area contributed by atoms with E-state index < -0.39 is 31.2 Å². The quantitative estimate of drug-likeness (QED) is 0.399. The second kappa shape index (κ2) is 9.34. The van der Waals surface area contributed by atoms with Crippen LogP contribution in [0.2, 0.25) is 0 Å². The van der Waals surface area contributed by atoms with Crippen molar-refractivity contribution in [1.82, 2.24) is 15.3 Å². The van der Waals surface area contributed by atoms with Crippen molar-refractivity contribution >= 4 is 39.0 Å². The van der Waals surface area contributed by atoms with Gasteiger partial charge in [-0.05, 0) is 55.0 Å². The first-order chi connectivity index (χ1) is 17.4. The number of nitrogens with zero attached hydrogens (tertiary/aromatic N) is 3. The van der Waals surface area contributed by atoms with Gasteiger partial charge in [0.25, 0.3) is 5.91 Å². The van der Waals surface area contributed by atoms with Gasteiger partial charge in [-0.2, -0.15) is 26.3 Å². The van der Waals surface area contributed by atoms with Crippen LogP contribution < -0.4 is 15.5 Å². The monoisotopic (exact) mass is 543 g/mol. The highest BCUT2D eigenvalue weighted by Crippen LogP contribution is 2.50. The van der Waals surface area contributed by atoms with Gasteiger partial charge >= 0.3 is 12.4 Å². The van der Waals surface area contributed by atoms with E-state index in [1.165, 1.54) is 18.5 Å². The van der Waals surface area contributed by atoms with Crippen molar-refractivity contribution in [3.8, 4) is 0 Å². The molecule has 3 aromatic rings. The van der Waals surface area contributed by atoms with Crippen LogP contribution in [0.3, 0.4) is 0 Å². The molecule has 0 atom stereocenters. The van der Waals surface area contributed by atoms with E-state index in [-0.39, 0.29) is 21.9 Å². The maximum Gasteiger partial charge on any atom is 0.405 e. The van der Waals surface area contributed by atoms with Crippen molar-refractivity contribution in [3.63, 3.8) is 0 Å². The Morgan fingerprint density at radius 1 is 1.08 bits per heavy atom. The van der Waals surface area contributed by atoms with E-state index in [1.54, 1.807) is 18.2 Å². The molecule has 13 heteroatoms. The molecule has 1 saturated heterocycles. The third kappa shape index (κ3) is 5.91. The maximum absolute atomic E-state index is 12.8. The Bertz CT molecular complexity index is 1280. The molecule has 37 heavy (non-hydrogen) atoms. The maximum atomic E-state index is 12.8. The summed E-state index contributed by atoms with van der Waals surface area (Å²) in [6, 6.07) is 8.05. The normalized spacial score (nSPS) is 21.9. The summed E-state index contributed by atoms with van der Waals surface area (Å²) in [5.74, 6) is -0.116. The lowest BCUT2D eigenvalue weighted by Gasteiger charge is -2.46. The number of alkyl halides is 6. The molecule has 1 aromatic carbocycles. The fourth-order valence-corrected chi connectivity index (χ4v) is 6.22. The molecule has 1 aliphatic carbocycles. The molecule has 2 aliphatic rings. The molecule has 1 amide bonds. The Kier molecular flexibility index (Phi) is 6.45. The minimum atomic E-state index is -4.47. The molecular weight excluding hydrogens is 520 g/mol. The SMILES string of the molecule is O=C(NCC(F)(F)F)c1ccc(NC2CC3(CCN(c4ncnc5sc(CC(F)(F)F)cc45)C3)C2)cc1. The molecule has 0 bridgehead atoms. The Morgan fingerprint density at radius 3 is 2.49 bits per heavy atom. The lowest BCUT2D eigenvalue weighted by Crippen LogP contribution is -2.46.